The van der Waals surface area contributed by atoms with Gasteiger partial charge in [-0.1, -0.05) is 12.1 Å². The Hall–Kier alpha value is -0.740. The average Bonchev–Trinajstić information content (AvgIpc) is 2.14. The Bertz CT molecular complexity index is 496. The van der Waals surface area contributed by atoms with Gasteiger partial charge in [-0.05, 0) is 37.0 Å². The van der Waals surface area contributed by atoms with E-state index in [1.165, 1.54) is 0 Å². The Morgan fingerprint density at radius 3 is 2.94 bits per heavy atom. The highest BCUT2D eigenvalue weighted by atomic mass is 35.7. The second-order valence-corrected chi connectivity index (χ2v) is 6.87. The quantitative estimate of drug-likeness (QED) is 0.768. The van der Waals surface area contributed by atoms with E-state index in [4.69, 9.17) is 15.4 Å². The molecule has 0 N–H and O–H groups in total. The van der Waals surface area contributed by atoms with Gasteiger partial charge in [0.05, 0.1) is 11.9 Å². The lowest BCUT2D eigenvalue weighted by atomic mass is 10.0. The second-order valence-electron chi connectivity index (χ2n) is 4.09. The SMILES string of the molecule is CC1CCc2ccc(CS(=O)(=O)Cl)cc2O1. The van der Waals surface area contributed by atoms with E-state index in [1.54, 1.807) is 12.1 Å². The Balaban J connectivity index is 2.28. The minimum Gasteiger partial charge on any atom is -0.490 e. The molecular formula is C11H13ClO3S. The molecule has 1 aliphatic rings. The van der Waals surface area contributed by atoms with Crippen LogP contribution < -0.4 is 4.74 Å². The van der Waals surface area contributed by atoms with Crippen molar-refractivity contribution in [2.24, 2.45) is 0 Å². The van der Waals surface area contributed by atoms with Crippen LogP contribution in [0.4, 0.5) is 0 Å². The minimum absolute atomic E-state index is 0.153. The first-order valence-electron chi connectivity index (χ1n) is 5.15. The molecule has 1 unspecified atom stereocenters. The molecule has 1 atom stereocenters. The zero-order chi connectivity index (χ0) is 11.8. The van der Waals surface area contributed by atoms with Crippen molar-refractivity contribution in [2.45, 2.75) is 31.6 Å². The summed E-state index contributed by atoms with van der Waals surface area (Å²) in [5, 5.41) is 0. The highest BCUT2D eigenvalue weighted by molar-refractivity contribution is 8.13. The van der Waals surface area contributed by atoms with Gasteiger partial charge in [0, 0.05) is 10.7 Å². The summed E-state index contributed by atoms with van der Waals surface area (Å²) in [6.45, 7) is 2.01. The molecule has 88 valence electrons. The van der Waals surface area contributed by atoms with E-state index >= 15 is 0 Å². The van der Waals surface area contributed by atoms with Crippen LogP contribution in [0.1, 0.15) is 24.5 Å². The van der Waals surface area contributed by atoms with Gasteiger partial charge < -0.3 is 4.74 Å². The molecule has 0 saturated carbocycles. The van der Waals surface area contributed by atoms with E-state index < -0.39 is 9.05 Å². The zero-order valence-corrected chi connectivity index (χ0v) is 10.5. The molecule has 1 aromatic rings. The second kappa shape index (κ2) is 4.26. The minimum atomic E-state index is -3.50. The molecule has 0 saturated heterocycles. The largest absolute Gasteiger partial charge is 0.490 e. The molecule has 0 fully saturated rings. The van der Waals surface area contributed by atoms with E-state index in [9.17, 15) is 8.42 Å². The Morgan fingerprint density at radius 2 is 2.25 bits per heavy atom. The number of rotatable bonds is 2. The monoisotopic (exact) mass is 260 g/mol. The summed E-state index contributed by atoms with van der Waals surface area (Å²) >= 11 is 0. The fourth-order valence-corrected chi connectivity index (χ4v) is 2.79. The Morgan fingerprint density at radius 1 is 1.50 bits per heavy atom. The van der Waals surface area contributed by atoms with Crippen LogP contribution in [0.2, 0.25) is 0 Å². The summed E-state index contributed by atoms with van der Waals surface area (Å²) in [5.41, 5.74) is 1.80. The molecule has 1 aliphatic heterocycles. The fourth-order valence-electron chi connectivity index (χ4n) is 1.84. The predicted molar refractivity (Wildman–Crippen MR) is 63.3 cm³/mol. The third-order valence-corrected chi connectivity index (χ3v) is 3.62. The highest BCUT2D eigenvalue weighted by Crippen LogP contribution is 2.29. The van der Waals surface area contributed by atoms with Gasteiger partial charge in [0.1, 0.15) is 5.75 Å². The van der Waals surface area contributed by atoms with Crippen LogP contribution in [0.3, 0.4) is 0 Å². The number of fused-ring (bicyclic) bond motifs is 1. The maximum absolute atomic E-state index is 11.0. The third-order valence-electron chi connectivity index (χ3n) is 2.62. The van der Waals surface area contributed by atoms with Crippen LogP contribution in [0, 0.1) is 0 Å². The summed E-state index contributed by atoms with van der Waals surface area (Å²) in [4.78, 5) is 0. The van der Waals surface area contributed by atoms with E-state index in [0.29, 0.717) is 5.56 Å². The number of ether oxygens (including phenoxy) is 1. The molecule has 3 nitrogen and oxygen atoms in total. The summed E-state index contributed by atoms with van der Waals surface area (Å²) < 4.78 is 27.6. The first-order valence-corrected chi connectivity index (χ1v) is 7.63. The number of hydrogen-bond donors (Lipinski definition) is 0. The Kier molecular flexibility index (Phi) is 3.13. The normalized spacial score (nSPS) is 20.0. The molecule has 5 heteroatoms. The van der Waals surface area contributed by atoms with Gasteiger partial charge in [0.25, 0.3) is 0 Å². The molecule has 0 radical (unpaired) electrons. The summed E-state index contributed by atoms with van der Waals surface area (Å²) in [6, 6.07) is 5.47. The van der Waals surface area contributed by atoms with E-state index in [0.717, 1.165) is 24.2 Å². The first kappa shape index (κ1) is 11.7. The summed E-state index contributed by atoms with van der Waals surface area (Å²) in [5.74, 6) is 0.635. The Labute approximate surface area is 99.8 Å². The lowest BCUT2D eigenvalue weighted by Crippen LogP contribution is -2.18. The van der Waals surface area contributed by atoms with Crippen LogP contribution >= 0.6 is 10.7 Å². The smallest absolute Gasteiger partial charge is 0.236 e. The van der Waals surface area contributed by atoms with Crippen molar-refractivity contribution in [3.05, 3.63) is 29.3 Å². The van der Waals surface area contributed by atoms with Gasteiger partial charge in [-0.3, -0.25) is 0 Å². The number of halogens is 1. The van der Waals surface area contributed by atoms with E-state index in [1.807, 2.05) is 13.0 Å². The maximum atomic E-state index is 11.0. The predicted octanol–water partition coefficient (Wildman–Crippen LogP) is 2.47. The molecule has 0 amide bonds. The molecule has 1 heterocycles. The standard InChI is InChI=1S/C11H13ClO3S/c1-8-2-4-10-5-3-9(6-11(10)15-8)7-16(12,13)14/h3,5-6,8H,2,4,7H2,1H3. The van der Waals surface area contributed by atoms with E-state index in [-0.39, 0.29) is 11.9 Å². The van der Waals surface area contributed by atoms with Crippen LogP contribution in [0.25, 0.3) is 0 Å². The fraction of sp³-hybridized carbons (Fsp3) is 0.455. The van der Waals surface area contributed by atoms with Crippen molar-refractivity contribution in [1.82, 2.24) is 0 Å². The third kappa shape index (κ3) is 2.89. The molecule has 0 bridgehead atoms. The van der Waals surface area contributed by atoms with E-state index in [2.05, 4.69) is 0 Å². The van der Waals surface area contributed by atoms with Crippen molar-refractivity contribution in [1.29, 1.82) is 0 Å². The lowest BCUT2D eigenvalue weighted by molar-refractivity contribution is 0.192. The van der Waals surface area contributed by atoms with Crippen LogP contribution in [0.5, 0.6) is 5.75 Å². The average molecular weight is 261 g/mol. The summed E-state index contributed by atoms with van der Waals surface area (Å²) in [6.07, 6.45) is 2.17. The molecule has 1 aromatic carbocycles. The van der Waals surface area contributed by atoms with Crippen LogP contribution in [-0.4, -0.2) is 14.5 Å². The molecule has 0 aliphatic carbocycles. The highest BCUT2D eigenvalue weighted by Gasteiger charge is 2.17. The van der Waals surface area contributed by atoms with Crippen molar-refractivity contribution < 1.29 is 13.2 Å². The van der Waals surface area contributed by atoms with Crippen molar-refractivity contribution in [3.8, 4) is 5.75 Å². The van der Waals surface area contributed by atoms with Crippen LogP contribution in [-0.2, 0) is 21.2 Å². The topological polar surface area (TPSA) is 43.4 Å². The molecule has 16 heavy (non-hydrogen) atoms. The molecule has 0 aromatic heterocycles. The van der Waals surface area contributed by atoms with Crippen molar-refractivity contribution in [2.75, 3.05) is 0 Å². The van der Waals surface area contributed by atoms with Gasteiger partial charge in [-0.15, -0.1) is 0 Å². The van der Waals surface area contributed by atoms with Gasteiger partial charge >= 0.3 is 0 Å². The molecule has 2 rings (SSSR count). The first-order chi connectivity index (χ1) is 7.44. The number of aryl methyl sites for hydroxylation is 1. The van der Waals surface area contributed by atoms with Crippen molar-refractivity contribution >= 4 is 19.7 Å². The van der Waals surface area contributed by atoms with Crippen molar-refractivity contribution in [3.63, 3.8) is 0 Å². The lowest BCUT2D eigenvalue weighted by Gasteiger charge is -2.23. The van der Waals surface area contributed by atoms with Crippen LogP contribution in [0.15, 0.2) is 18.2 Å². The maximum Gasteiger partial charge on any atom is 0.236 e. The number of benzene rings is 1. The van der Waals surface area contributed by atoms with Gasteiger partial charge in [-0.25, -0.2) is 8.42 Å². The molecule has 0 spiro atoms. The zero-order valence-electron chi connectivity index (χ0n) is 8.94. The number of hydrogen-bond acceptors (Lipinski definition) is 3. The summed E-state index contributed by atoms with van der Waals surface area (Å²) in [7, 11) is 1.71. The van der Waals surface area contributed by atoms with Gasteiger partial charge in [0.15, 0.2) is 0 Å². The van der Waals surface area contributed by atoms with Gasteiger partial charge in [-0.2, -0.15) is 0 Å². The van der Waals surface area contributed by atoms with Gasteiger partial charge in [0.2, 0.25) is 9.05 Å². The molecular weight excluding hydrogens is 248 g/mol.